The number of fused-ring (bicyclic) bond motifs is 1. The number of likely N-dealkylation sites (tertiary alicyclic amines) is 1. The van der Waals surface area contributed by atoms with Crippen molar-refractivity contribution >= 4 is 22.7 Å². The minimum atomic E-state index is -0.501. The molecule has 1 atom stereocenters. The SMILES string of the molecule is O=C(NCCc1c[nH]c2ccccc12)C1CCC(=O)N1Cc1cccc(F)c1. The molecule has 0 bridgehead atoms. The van der Waals surface area contributed by atoms with Crippen LogP contribution in [0.2, 0.25) is 0 Å². The summed E-state index contributed by atoms with van der Waals surface area (Å²) < 4.78 is 13.4. The highest BCUT2D eigenvalue weighted by Gasteiger charge is 2.35. The third-order valence-electron chi connectivity index (χ3n) is 5.24. The molecule has 2 amide bonds. The number of halogens is 1. The minimum Gasteiger partial charge on any atom is -0.361 e. The van der Waals surface area contributed by atoms with Gasteiger partial charge in [-0.1, -0.05) is 30.3 Å². The molecule has 1 aliphatic heterocycles. The van der Waals surface area contributed by atoms with E-state index in [1.54, 1.807) is 17.0 Å². The summed E-state index contributed by atoms with van der Waals surface area (Å²) in [4.78, 5) is 29.7. The highest BCUT2D eigenvalue weighted by atomic mass is 19.1. The second kappa shape index (κ2) is 7.84. The molecule has 1 aliphatic rings. The normalized spacial score (nSPS) is 16.7. The molecule has 1 unspecified atom stereocenters. The molecule has 28 heavy (non-hydrogen) atoms. The van der Waals surface area contributed by atoms with Crippen molar-refractivity contribution in [2.75, 3.05) is 6.54 Å². The van der Waals surface area contributed by atoms with Crippen molar-refractivity contribution in [2.45, 2.75) is 31.8 Å². The summed E-state index contributed by atoms with van der Waals surface area (Å²) in [7, 11) is 0. The van der Waals surface area contributed by atoms with Crippen molar-refractivity contribution in [3.63, 3.8) is 0 Å². The zero-order chi connectivity index (χ0) is 19.5. The van der Waals surface area contributed by atoms with E-state index in [9.17, 15) is 14.0 Å². The van der Waals surface area contributed by atoms with Crippen LogP contribution in [0.4, 0.5) is 4.39 Å². The number of para-hydroxylation sites is 1. The van der Waals surface area contributed by atoms with Crippen molar-refractivity contribution in [3.05, 3.63) is 71.7 Å². The average Bonchev–Trinajstić information content (AvgIpc) is 3.26. The molecule has 0 saturated carbocycles. The number of aromatic amines is 1. The fourth-order valence-corrected chi connectivity index (χ4v) is 3.81. The highest BCUT2D eigenvalue weighted by molar-refractivity contribution is 5.91. The third-order valence-corrected chi connectivity index (χ3v) is 5.24. The number of amides is 2. The van der Waals surface area contributed by atoms with Crippen LogP contribution < -0.4 is 5.32 Å². The largest absolute Gasteiger partial charge is 0.361 e. The average molecular weight is 379 g/mol. The van der Waals surface area contributed by atoms with Crippen molar-refractivity contribution in [1.29, 1.82) is 0 Å². The Labute approximate surface area is 162 Å². The molecule has 144 valence electrons. The van der Waals surface area contributed by atoms with E-state index in [0.29, 0.717) is 31.4 Å². The molecule has 1 fully saturated rings. The maximum Gasteiger partial charge on any atom is 0.242 e. The summed E-state index contributed by atoms with van der Waals surface area (Å²) in [6.45, 7) is 0.746. The molecule has 6 heteroatoms. The van der Waals surface area contributed by atoms with Gasteiger partial charge in [-0.2, -0.15) is 0 Å². The van der Waals surface area contributed by atoms with Gasteiger partial charge in [0.05, 0.1) is 0 Å². The smallest absolute Gasteiger partial charge is 0.242 e. The Balaban J connectivity index is 1.37. The first-order valence-electron chi connectivity index (χ1n) is 9.48. The maximum absolute atomic E-state index is 13.4. The molecule has 5 nitrogen and oxygen atoms in total. The van der Waals surface area contributed by atoms with E-state index in [0.717, 1.165) is 16.5 Å². The predicted molar refractivity (Wildman–Crippen MR) is 105 cm³/mol. The van der Waals surface area contributed by atoms with E-state index in [1.165, 1.54) is 12.1 Å². The van der Waals surface area contributed by atoms with E-state index >= 15 is 0 Å². The highest BCUT2D eigenvalue weighted by Crippen LogP contribution is 2.22. The fraction of sp³-hybridized carbons (Fsp3) is 0.273. The Hall–Kier alpha value is -3.15. The molecule has 2 N–H and O–H groups in total. The van der Waals surface area contributed by atoms with Crippen LogP contribution in [0, 0.1) is 5.82 Å². The molecule has 1 saturated heterocycles. The van der Waals surface area contributed by atoms with Gasteiger partial charge in [0.2, 0.25) is 11.8 Å². The van der Waals surface area contributed by atoms with E-state index in [4.69, 9.17) is 0 Å². The maximum atomic E-state index is 13.4. The molecular weight excluding hydrogens is 357 g/mol. The zero-order valence-electron chi connectivity index (χ0n) is 15.5. The van der Waals surface area contributed by atoms with Gasteiger partial charge in [0, 0.05) is 36.6 Å². The zero-order valence-corrected chi connectivity index (χ0v) is 15.5. The van der Waals surface area contributed by atoms with E-state index in [1.807, 2.05) is 24.4 Å². The Kier molecular flexibility index (Phi) is 5.10. The van der Waals surface area contributed by atoms with Crippen LogP contribution in [0.3, 0.4) is 0 Å². The number of rotatable bonds is 6. The van der Waals surface area contributed by atoms with E-state index in [-0.39, 0.29) is 24.2 Å². The summed E-state index contributed by atoms with van der Waals surface area (Å²) in [5.74, 6) is -0.563. The van der Waals surface area contributed by atoms with Gasteiger partial charge >= 0.3 is 0 Å². The monoisotopic (exact) mass is 379 g/mol. The van der Waals surface area contributed by atoms with Crippen molar-refractivity contribution in [2.24, 2.45) is 0 Å². The molecule has 0 radical (unpaired) electrons. The lowest BCUT2D eigenvalue weighted by molar-refractivity contribution is -0.135. The Morgan fingerprint density at radius 3 is 2.93 bits per heavy atom. The van der Waals surface area contributed by atoms with Gasteiger partial charge in [-0.3, -0.25) is 9.59 Å². The predicted octanol–water partition coefficient (Wildman–Crippen LogP) is 3.16. The molecule has 0 spiro atoms. The van der Waals surface area contributed by atoms with Crippen LogP contribution >= 0.6 is 0 Å². The number of nitrogens with zero attached hydrogens (tertiary/aromatic N) is 1. The standard InChI is InChI=1S/C22H22FN3O2/c23-17-5-3-4-15(12-17)14-26-20(8-9-21(26)27)22(28)24-11-10-16-13-25-19-7-2-1-6-18(16)19/h1-7,12-13,20,25H,8-11,14H2,(H,24,28). The van der Waals surface area contributed by atoms with Crippen LogP contribution in [0.25, 0.3) is 10.9 Å². The summed E-state index contributed by atoms with van der Waals surface area (Å²) >= 11 is 0. The van der Waals surface area contributed by atoms with Gasteiger partial charge < -0.3 is 15.2 Å². The number of carbonyl (C=O) groups is 2. The number of H-pyrrole nitrogens is 1. The Bertz CT molecular complexity index is 1010. The van der Waals surface area contributed by atoms with Crippen LogP contribution in [0.1, 0.15) is 24.0 Å². The van der Waals surface area contributed by atoms with Crippen LogP contribution in [-0.2, 0) is 22.6 Å². The quantitative estimate of drug-likeness (QED) is 0.691. The number of nitrogens with one attached hydrogen (secondary N) is 2. The Morgan fingerprint density at radius 1 is 1.21 bits per heavy atom. The lowest BCUT2D eigenvalue weighted by atomic mass is 10.1. The molecule has 4 rings (SSSR count). The first-order chi connectivity index (χ1) is 13.6. The summed E-state index contributed by atoms with van der Waals surface area (Å²) in [5, 5.41) is 4.11. The minimum absolute atomic E-state index is 0.0685. The molecule has 3 aromatic rings. The van der Waals surface area contributed by atoms with Crippen LogP contribution in [0.5, 0.6) is 0 Å². The summed E-state index contributed by atoms with van der Waals surface area (Å²) in [6, 6.07) is 13.7. The first-order valence-corrected chi connectivity index (χ1v) is 9.48. The van der Waals surface area contributed by atoms with Crippen molar-refractivity contribution in [1.82, 2.24) is 15.2 Å². The second-order valence-electron chi connectivity index (χ2n) is 7.11. The lowest BCUT2D eigenvalue weighted by Crippen LogP contribution is -2.44. The Morgan fingerprint density at radius 2 is 2.07 bits per heavy atom. The topological polar surface area (TPSA) is 65.2 Å². The van der Waals surface area contributed by atoms with E-state index < -0.39 is 6.04 Å². The number of benzene rings is 2. The van der Waals surface area contributed by atoms with Crippen molar-refractivity contribution in [3.8, 4) is 0 Å². The van der Waals surface area contributed by atoms with Gasteiger partial charge in [-0.05, 0) is 42.2 Å². The number of hydrogen-bond donors (Lipinski definition) is 2. The summed E-state index contributed by atoms with van der Waals surface area (Å²) in [5.41, 5.74) is 2.91. The van der Waals surface area contributed by atoms with Gasteiger partial charge in [-0.25, -0.2) is 4.39 Å². The fourth-order valence-electron chi connectivity index (χ4n) is 3.81. The number of carbonyl (C=O) groups excluding carboxylic acids is 2. The molecular formula is C22H22FN3O2. The van der Waals surface area contributed by atoms with Gasteiger partial charge in [0.25, 0.3) is 0 Å². The molecule has 1 aromatic heterocycles. The molecule has 2 aromatic carbocycles. The molecule has 2 heterocycles. The second-order valence-corrected chi connectivity index (χ2v) is 7.11. The molecule has 0 aliphatic carbocycles. The third kappa shape index (κ3) is 3.76. The van der Waals surface area contributed by atoms with Crippen molar-refractivity contribution < 1.29 is 14.0 Å². The van der Waals surface area contributed by atoms with Gasteiger partial charge in [0.1, 0.15) is 11.9 Å². The number of hydrogen-bond acceptors (Lipinski definition) is 2. The van der Waals surface area contributed by atoms with Crippen LogP contribution in [-0.4, -0.2) is 34.3 Å². The number of aromatic nitrogens is 1. The lowest BCUT2D eigenvalue weighted by Gasteiger charge is -2.24. The van der Waals surface area contributed by atoms with Gasteiger partial charge in [-0.15, -0.1) is 0 Å². The first kappa shape index (κ1) is 18.2. The van der Waals surface area contributed by atoms with E-state index in [2.05, 4.69) is 16.4 Å². The summed E-state index contributed by atoms with van der Waals surface area (Å²) in [6.07, 6.45) is 3.51. The van der Waals surface area contributed by atoms with Gasteiger partial charge in [0.15, 0.2) is 0 Å². The van der Waals surface area contributed by atoms with Crippen LogP contribution in [0.15, 0.2) is 54.7 Å².